The molecule has 1 N–H and O–H groups in total. The second-order valence-electron chi connectivity index (χ2n) is 2.64. The fourth-order valence-corrected chi connectivity index (χ4v) is 1.13. The molecule has 3 heteroatoms. The van der Waals surface area contributed by atoms with Crippen LogP contribution in [0.2, 0.25) is 0 Å². The fourth-order valence-electron chi connectivity index (χ4n) is 1.13. The minimum Gasteiger partial charge on any atom is -0.285 e. The van der Waals surface area contributed by atoms with Gasteiger partial charge in [-0.3, -0.25) is 9.89 Å². The zero-order valence-electron chi connectivity index (χ0n) is 6.82. The Kier molecular flexibility index (Phi) is 1.92. The van der Waals surface area contributed by atoms with E-state index in [2.05, 4.69) is 10.2 Å². The molecule has 0 amide bonds. The fraction of sp³-hybridized carbons (Fsp3) is 0. The van der Waals surface area contributed by atoms with Crippen molar-refractivity contribution in [1.29, 1.82) is 0 Å². The van der Waals surface area contributed by atoms with Gasteiger partial charge in [-0.1, -0.05) is 24.3 Å². The van der Waals surface area contributed by atoms with Gasteiger partial charge in [-0.25, -0.2) is 0 Å². The van der Waals surface area contributed by atoms with Crippen molar-refractivity contribution in [2.75, 3.05) is 0 Å². The van der Waals surface area contributed by atoms with Gasteiger partial charge >= 0.3 is 0 Å². The third kappa shape index (κ3) is 1.49. The van der Waals surface area contributed by atoms with Crippen molar-refractivity contribution >= 4 is 6.29 Å². The van der Waals surface area contributed by atoms with Crippen molar-refractivity contribution in [3.8, 4) is 11.3 Å². The number of carbonyl (C=O) groups excluding carboxylic acids is 1. The Hall–Kier alpha value is -1.90. The summed E-state index contributed by atoms with van der Waals surface area (Å²) in [6.45, 7) is 0. The van der Waals surface area contributed by atoms with Gasteiger partial charge in [-0.05, 0) is 6.07 Å². The molecule has 0 unspecified atom stereocenters. The first-order chi connectivity index (χ1) is 6.40. The molecule has 0 bridgehead atoms. The molecule has 0 atom stereocenters. The molecule has 0 aliphatic rings. The van der Waals surface area contributed by atoms with E-state index in [1.807, 2.05) is 24.5 Å². The first-order valence-corrected chi connectivity index (χ1v) is 3.88. The minimum atomic E-state index is 0.555. The van der Waals surface area contributed by atoms with Crippen LogP contribution in [0.3, 0.4) is 0 Å². The summed E-state index contributed by atoms with van der Waals surface area (Å²) in [5.41, 5.74) is 2.41. The molecule has 0 spiro atoms. The van der Waals surface area contributed by atoms with E-state index in [1.165, 1.54) is 0 Å². The number of H-pyrrole nitrogens is 1. The van der Waals surface area contributed by atoms with Crippen molar-refractivity contribution in [3.63, 3.8) is 0 Å². The highest BCUT2D eigenvalue weighted by molar-refractivity contribution is 5.76. The lowest BCUT2D eigenvalue weighted by atomic mass is 10.1. The quantitative estimate of drug-likeness (QED) is 0.744. The van der Waals surface area contributed by atoms with Gasteiger partial charge in [-0.2, -0.15) is 5.10 Å². The SMILES string of the molecule is O=[C]c1ccc(-c2cc[nH]n2)cc1. The van der Waals surface area contributed by atoms with E-state index in [4.69, 9.17) is 0 Å². The lowest BCUT2D eigenvalue weighted by Crippen LogP contribution is -1.81. The molecular formula is C10H7N2O. The zero-order chi connectivity index (χ0) is 9.10. The maximum atomic E-state index is 10.3. The van der Waals surface area contributed by atoms with Crippen LogP contribution >= 0.6 is 0 Å². The molecule has 1 aromatic heterocycles. The zero-order valence-corrected chi connectivity index (χ0v) is 6.82. The Labute approximate surface area is 75.4 Å². The lowest BCUT2D eigenvalue weighted by molar-refractivity contribution is 0.563. The second kappa shape index (κ2) is 3.23. The van der Waals surface area contributed by atoms with E-state index >= 15 is 0 Å². The van der Waals surface area contributed by atoms with E-state index in [9.17, 15) is 4.79 Å². The van der Waals surface area contributed by atoms with Crippen LogP contribution in [0.5, 0.6) is 0 Å². The maximum absolute atomic E-state index is 10.3. The van der Waals surface area contributed by atoms with Gasteiger partial charge in [0, 0.05) is 17.3 Å². The van der Waals surface area contributed by atoms with Gasteiger partial charge in [0.25, 0.3) is 0 Å². The topological polar surface area (TPSA) is 45.8 Å². The van der Waals surface area contributed by atoms with Gasteiger partial charge < -0.3 is 0 Å². The molecule has 0 aliphatic heterocycles. The molecule has 1 aromatic carbocycles. The van der Waals surface area contributed by atoms with Crippen molar-refractivity contribution in [1.82, 2.24) is 10.2 Å². The largest absolute Gasteiger partial charge is 0.285 e. The molecule has 2 rings (SSSR count). The number of nitrogens with one attached hydrogen (secondary N) is 1. The summed E-state index contributed by atoms with van der Waals surface area (Å²) >= 11 is 0. The lowest BCUT2D eigenvalue weighted by Gasteiger charge is -1.94. The highest BCUT2D eigenvalue weighted by atomic mass is 16.1. The Balaban J connectivity index is 2.38. The van der Waals surface area contributed by atoms with Crippen LogP contribution in [-0.4, -0.2) is 16.5 Å². The van der Waals surface area contributed by atoms with Gasteiger partial charge in [0.1, 0.15) is 0 Å². The normalized spacial score (nSPS) is 9.85. The molecule has 1 radical (unpaired) electrons. The predicted octanol–water partition coefficient (Wildman–Crippen LogP) is 1.53. The van der Waals surface area contributed by atoms with Gasteiger partial charge in [0.05, 0.1) is 5.69 Å². The molecule has 63 valence electrons. The summed E-state index contributed by atoms with van der Waals surface area (Å²) in [5, 5.41) is 6.75. The summed E-state index contributed by atoms with van der Waals surface area (Å²) in [6.07, 6.45) is 3.58. The van der Waals surface area contributed by atoms with Crippen LogP contribution in [-0.2, 0) is 4.79 Å². The van der Waals surface area contributed by atoms with Crippen LogP contribution in [0.25, 0.3) is 11.3 Å². The van der Waals surface area contributed by atoms with Crippen LogP contribution in [0.1, 0.15) is 5.56 Å². The van der Waals surface area contributed by atoms with Gasteiger partial charge in [-0.15, -0.1) is 0 Å². The predicted molar refractivity (Wildman–Crippen MR) is 48.8 cm³/mol. The van der Waals surface area contributed by atoms with Crippen LogP contribution in [0.15, 0.2) is 36.5 Å². The standard InChI is InChI=1S/C10H7N2O/c13-7-8-1-3-9(4-2-8)10-5-6-11-12-10/h1-6H,(H,11,12). The summed E-state index contributed by atoms with van der Waals surface area (Å²) in [4.78, 5) is 10.3. The van der Waals surface area contributed by atoms with E-state index in [-0.39, 0.29) is 0 Å². The molecule has 0 aliphatic carbocycles. The molecule has 0 saturated heterocycles. The Morgan fingerprint density at radius 3 is 2.46 bits per heavy atom. The molecular weight excluding hydrogens is 164 g/mol. The molecule has 3 nitrogen and oxygen atoms in total. The third-order valence-electron chi connectivity index (χ3n) is 1.80. The number of nitrogens with zero attached hydrogens (tertiary/aromatic N) is 1. The van der Waals surface area contributed by atoms with Crippen LogP contribution in [0.4, 0.5) is 0 Å². The monoisotopic (exact) mass is 171 g/mol. The smallest absolute Gasteiger partial charge is 0.233 e. The highest BCUT2D eigenvalue weighted by Crippen LogP contribution is 2.15. The molecule has 0 fully saturated rings. The number of aromatic amines is 1. The molecule has 2 aromatic rings. The molecule has 0 saturated carbocycles. The molecule has 1 heterocycles. The Morgan fingerprint density at radius 2 is 1.92 bits per heavy atom. The average Bonchev–Trinajstić information content (AvgIpc) is 2.71. The number of hydrogen-bond acceptors (Lipinski definition) is 2. The van der Waals surface area contributed by atoms with Gasteiger partial charge in [0.15, 0.2) is 0 Å². The van der Waals surface area contributed by atoms with Crippen LogP contribution in [0, 0.1) is 0 Å². The van der Waals surface area contributed by atoms with E-state index in [0.29, 0.717) is 5.56 Å². The Bertz CT molecular complexity index is 389. The average molecular weight is 171 g/mol. The number of hydrogen-bond donors (Lipinski definition) is 1. The molecule has 13 heavy (non-hydrogen) atoms. The Morgan fingerprint density at radius 1 is 1.15 bits per heavy atom. The summed E-state index contributed by atoms with van der Waals surface area (Å²) in [7, 11) is 0. The summed E-state index contributed by atoms with van der Waals surface area (Å²) in [6, 6.07) is 9.00. The van der Waals surface area contributed by atoms with E-state index in [0.717, 1.165) is 11.3 Å². The number of benzene rings is 1. The first kappa shape index (κ1) is 7.73. The van der Waals surface area contributed by atoms with Gasteiger partial charge in [0.2, 0.25) is 6.29 Å². The minimum absolute atomic E-state index is 0.555. The van der Waals surface area contributed by atoms with Crippen molar-refractivity contribution in [2.24, 2.45) is 0 Å². The van der Waals surface area contributed by atoms with Crippen LogP contribution < -0.4 is 0 Å². The highest BCUT2D eigenvalue weighted by Gasteiger charge is 1.98. The second-order valence-corrected chi connectivity index (χ2v) is 2.64. The number of aromatic nitrogens is 2. The van der Waals surface area contributed by atoms with E-state index < -0.39 is 0 Å². The van der Waals surface area contributed by atoms with Crippen molar-refractivity contribution < 1.29 is 4.79 Å². The maximum Gasteiger partial charge on any atom is 0.233 e. The summed E-state index contributed by atoms with van der Waals surface area (Å²) in [5.74, 6) is 0. The van der Waals surface area contributed by atoms with Crippen molar-refractivity contribution in [3.05, 3.63) is 42.1 Å². The van der Waals surface area contributed by atoms with Crippen molar-refractivity contribution in [2.45, 2.75) is 0 Å². The summed E-state index contributed by atoms with van der Waals surface area (Å²) < 4.78 is 0. The third-order valence-corrected chi connectivity index (χ3v) is 1.80. The first-order valence-electron chi connectivity index (χ1n) is 3.88. The van der Waals surface area contributed by atoms with E-state index in [1.54, 1.807) is 18.3 Å². The number of rotatable bonds is 2.